The summed E-state index contributed by atoms with van der Waals surface area (Å²) in [4.78, 5) is 17.5. The third-order valence-corrected chi connectivity index (χ3v) is 5.13. The molecule has 0 radical (unpaired) electrons. The quantitative estimate of drug-likeness (QED) is 0.855. The predicted molar refractivity (Wildman–Crippen MR) is 86.6 cm³/mol. The summed E-state index contributed by atoms with van der Waals surface area (Å²) >= 11 is 0. The molecule has 0 N–H and O–H groups in total. The van der Waals surface area contributed by atoms with Crippen molar-refractivity contribution in [3.05, 3.63) is 18.0 Å². The van der Waals surface area contributed by atoms with Crippen molar-refractivity contribution in [3.63, 3.8) is 0 Å². The second-order valence-corrected chi connectivity index (χ2v) is 6.71. The first-order valence-electron chi connectivity index (χ1n) is 8.72. The van der Waals surface area contributed by atoms with Gasteiger partial charge in [-0.05, 0) is 51.3 Å². The largest absolute Gasteiger partial charge is 0.336 e. The van der Waals surface area contributed by atoms with Gasteiger partial charge in [-0.1, -0.05) is 13.3 Å². The molecule has 2 saturated heterocycles. The minimum Gasteiger partial charge on any atom is -0.336 e. The van der Waals surface area contributed by atoms with E-state index in [2.05, 4.69) is 34.9 Å². The van der Waals surface area contributed by atoms with Gasteiger partial charge in [0.25, 0.3) is 0 Å². The molecule has 22 heavy (non-hydrogen) atoms. The van der Waals surface area contributed by atoms with Gasteiger partial charge in [0.15, 0.2) is 0 Å². The summed E-state index contributed by atoms with van der Waals surface area (Å²) in [6, 6.07) is 0.422. The van der Waals surface area contributed by atoms with Crippen LogP contribution in [0.5, 0.6) is 0 Å². The van der Waals surface area contributed by atoms with Gasteiger partial charge in [0.05, 0.1) is 24.8 Å². The van der Waals surface area contributed by atoms with Crippen molar-refractivity contribution in [2.75, 3.05) is 19.6 Å². The molecule has 5 nitrogen and oxygen atoms in total. The van der Waals surface area contributed by atoms with Gasteiger partial charge in [-0.3, -0.25) is 14.4 Å². The van der Waals surface area contributed by atoms with E-state index >= 15 is 0 Å². The number of likely N-dealkylation sites (N-methyl/N-ethyl adjacent to an activating group) is 1. The molecule has 0 saturated carbocycles. The van der Waals surface area contributed by atoms with E-state index in [9.17, 15) is 4.79 Å². The maximum absolute atomic E-state index is 13.0. The number of nitrogens with zero attached hydrogens (tertiary/aromatic N) is 4. The summed E-state index contributed by atoms with van der Waals surface area (Å²) in [7, 11) is 0. The Labute approximate surface area is 133 Å². The Morgan fingerprint density at radius 2 is 2.14 bits per heavy atom. The molecule has 3 rings (SSSR count). The van der Waals surface area contributed by atoms with Crippen LogP contribution in [-0.4, -0.2) is 57.2 Å². The van der Waals surface area contributed by atoms with Crippen LogP contribution in [0.2, 0.25) is 0 Å². The third kappa shape index (κ3) is 3.19. The van der Waals surface area contributed by atoms with Crippen LogP contribution in [0.15, 0.2) is 12.4 Å². The molecule has 1 aromatic heterocycles. The fraction of sp³-hybridized carbons (Fsp3) is 0.765. The number of piperidine rings is 1. The Kier molecular flexibility index (Phi) is 4.81. The van der Waals surface area contributed by atoms with Crippen molar-refractivity contribution in [3.8, 4) is 0 Å². The SMILES string of the molecule is CCN1CCCCC1C(=O)N1CCCC1Cn1cc(C)cn1. The van der Waals surface area contributed by atoms with E-state index in [1.165, 1.54) is 18.4 Å². The lowest BCUT2D eigenvalue weighted by Gasteiger charge is -2.37. The maximum Gasteiger partial charge on any atom is 0.240 e. The lowest BCUT2D eigenvalue weighted by atomic mass is 10.0. The van der Waals surface area contributed by atoms with E-state index in [0.717, 1.165) is 45.4 Å². The highest BCUT2D eigenvalue weighted by molar-refractivity contribution is 5.82. The summed E-state index contributed by atoms with van der Waals surface area (Å²) in [6.07, 6.45) is 9.62. The van der Waals surface area contributed by atoms with E-state index in [-0.39, 0.29) is 6.04 Å². The molecule has 5 heteroatoms. The molecule has 2 fully saturated rings. The normalized spacial score (nSPS) is 26.5. The van der Waals surface area contributed by atoms with Crippen molar-refractivity contribution in [2.24, 2.45) is 0 Å². The predicted octanol–water partition coefficient (Wildman–Crippen LogP) is 2.06. The van der Waals surface area contributed by atoms with Gasteiger partial charge in [-0.15, -0.1) is 0 Å². The molecular formula is C17H28N4O. The Morgan fingerprint density at radius 3 is 2.86 bits per heavy atom. The lowest BCUT2D eigenvalue weighted by molar-refractivity contribution is -0.139. The molecule has 0 spiro atoms. The molecule has 0 aliphatic carbocycles. The van der Waals surface area contributed by atoms with Crippen LogP contribution in [0.1, 0.15) is 44.6 Å². The highest BCUT2D eigenvalue weighted by Gasteiger charge is 2.36. The summed E-state index contributed by atoms with van der Waals surface area (Å²) < 4.78 is 1.99. The molecule has 1 aromatic rings. The average molecular weight is 304 g/mol. The van der Waals surface area contributed by atoms with Gasteiger partial charge in [0.2, 0.25) is 5.91 Å². The zero-order valence-corrected chi connectivity index (χ0v) is 13.9. The van der Waals surface area contributed by atoms with Crippen LogP contribution in [0.25, 0.3) is 0 Å². The second-order valence-electron chi connectivity index (χ2n) is 6.71. The van der Waals surface area contributed by atoms with Crippen LogP contribution >= 0.6 is 0 Å². The first kappa shape index (κ1) is 15.5. The second kappa shape index (κ2) is 6.82. The van der Waals surface area contributed by atoms with Gasteiger partial charge in [-0.2, -0.15) is 5.10 Å². The Bertz CT molecular complexity index is 513. The number of rotatable bonds is 4. The lowest BCUT2D eigenvalue weighted by Crippen LogP contribution is -2.52. The number of hydrogen-bond acceptors (Lipinski definition) is 3. The van der Waals surface area contributed by atoms with E-state index < -0.39 is 0 Å². The highest BCUT2D eigenvalue weighted by atomic mass is 16.2. The van der Waals surface area contributed by atoms with Crippen LogP contribution < -0.4 is 0 Å². The van der Waals surface area contributed by atoms with Crippen LogP contribution in [-0.2, 0) is 11.3 Å². The maximum atomic E-state index is 13.0. The molecule has 0 bridgehead atoms. The van der Waals surface area contributed by atoms with E-state index in [0.29, 0.717) is 11.9 Å². The highest BCUT2D eigenvalue weighted by Crippen LogP contribution is 2.25. The van der Waals surface area contributed by atoms with Crippen molar-refractivity contribution in [2.45, 2.75) is 64.6 Å². The Balaban J connectivity index is 1.67. The molecule has 122 valence electrons. The summed E-state index contributed by atoms with van der Waals surface area (Å²) in [5, 5.41) is 4.38. The molecule has 1 amide bonds. The van der Waals surface area contributed by atoms with Crippen molar-refractivity contribution in [1.82, 2.24) is 19.6 Å². The molecule has 3 heterocycles. The zero-order valence-electron chi connectivity index (χ0n) is 13.9. The number of hydrogen-bond donors (Lipinski definition) is 0. The van der Waals surface area contributed by atoms with Gasteiger partial charge in [-0.25, -0.2) is 0 Å². The number of aromatic nitrogens is 2. The number of carbonyl (C=O) groups excluding carboxylic acids is 1. The van der Waals surface area contributed by atoms with Crippen molar-refractivity contribution < 1.29 is 4.79 Å². The standard InChI is InChI=1S/C17H28N4O/c1-3-19-9-5-4-8-16(19)17(22)21-10-6-7-15(21)13-20-12-14(2)11-18-20/h11-12,15-16H,3-10,13H2,1-2H3. The van der Waals surface area contributed by atoms with E-state index in [4.69, 9.17) is 0 Å². The van der Waals surface area contributed by atoms with Crippen LogP contribution in [0, 0.1) is 6.92 Å². The minimum absolute atomic E-state index is 0.110. The fourth-order valence-electron chi connectivity index (χ4n) is 3.94. The summed E-state index contributed by atoms with van der Waals surface area (Å²) in [5.41, 5.74) is 1.18. The van der Waals surface area contributed by atoms with Crippen molar-refractivity contribution in [1.29, 1.82) is 0 Å². The van der Waals surface area contributed by atoms with Gasteiger partial charge >= 0.3 is 0 Å². The molecule has 2 atom stereocenters. The summed E-state index contributed by atoms with van der Waals surface area (Å²) in [6.45, 7) is 8.02. The molecule has 0 aromatic carbocycles. The summed E-state index contributed by atoms with van der Waals surface area (Å²) in [5.74, 6) is 0.355. The number of amides is 1. The molecule has 2 unspecified atom stereocenters. The smallest absolute Gasteiger partial charge is 0.240 e. The number of carbonyl (C=O) groups is 1. The van der Waals surface area contributed by atoms with Crippen LogP contribution in [0.3, 0.4) is 0 Å². The van der Waals surface area contributed by atoms with E-state index in [1.807, 2.05) is 10.9 Å². The monoisotopic (exact) mass is 304 g/mol. The number of likely N-dealkylation sites (tertiary alicyclic amines) is 2. The molecular weight excluding hydrogens is 276 g/mol. The molecule has 2 aliphatic rings. The fourth-order valence-corrected chi connectivity index (χ4v) is 3.94. The van der Waals surface area contributed by atoms with Gasteiger partial charge < -0.3 is 4.90 Å². The Morgan fingerprint density at radius 1 is 1.27 bits per heavy atom. The number of aryl methyl sites for hydroxylation is 1. The van der Waals surface area contributed by atoms with E-state index in [1.54, 1.807) is 0 Å². The average Bonchev–Trinajstić information content (AvgIpc) is 3.16. The van der Waals surface area contributed by atoms with Gasteiger partial charge in [0.1, 0.15) is 0 Å². The van der Waals surface area contributed by atoms with Crippen LogP contribution in [0.4, 0.5) is 0 Å². The first-order valence-corrected chi connectivity index (χ1v) is 8.72. The first-order chi connectivity index (χ1) is 10.7. The minimum atomic E-state index is 0.110. The molecule has 2 aliphatic heterocycles. The zero-order chi connectivity index (χ0) is 15.5. The third-order valence-electron chi connectivity index (χ3n) is 5.13. The Hall–Kier alpha value is -1.36. The van der Waals surface area contributed by atoms with Crippen molar-refractivity contribution >= 4 is 5.91 Å². The van der Waals surface area contributed by atoms with Gasteiger partial charge in [0, 0.05) is 12.7 Å². The topological polar surface area (TPSA) is 41.4 Å².